The number of nitrogens with zero attached hydrogens (tertiary/aromatic N) is 5. The zero-order chi connectivity index (χ0) is 22.4. The number of carbonyl (C=O) groups is 1. The van der Waals surface area contributed by atoms with Gasteiger partial charge in [0, 0.05) is 29.9 Å². The Kier molecular flexibility index (Phi) is 4.95. The number of aryl methyl sites for hydroxylation is 2. The Bertz CT molecular complexity index is 1410. The van der Waals surface area contributed by atoms with Crippen LogP contribution in [-0.4, -0.2) is 44.0 Å². The van der Waals surface area contributed by atoms with Gasteiger partial charge in [0.2, 0.25) is 0 Å². The molecule has 0 radical (unpaired) electrons. The van der Waals surface area contributed by atoms with Crippen molar-refractivity contribution in [3.05, 3.63) is 93.8 Å². The molecule has 1 aliphatic heterocycles. The van der Waals surface area contributed by atoms with Crippen molar-refractivity contribution in [2.45, 2.75) is 25.7 Å². The predicted octanol–water partition coefficient (Wildman–Crippen LogP) is 5.14. The summed E-state index contributed by atoms with van der Waals surface area (Å²) in [5, 5.41) is 8.99. The maximum atomic E-state index is 13.2. The van der Waals surface area contributed by atoms with Gasteiger partial charge in [-0.1, -0.05) is 46.7 Å². The molecule has 6 rings (SSSR count). The van der Waals surface area contributed by atoms with Gasteiger partial charge in [0.15, 0.2) is 0 Å². The molecule has 3 heterocycles. The molecule has 33 heavy (non-hydrogen) atoms. The second-order valence-corrected chi connectivity index (χ2v) is 8.99. The molecule has 2 aromatic carbocycles. The Morgan fingerprint density at radius 3 is 2.61 bits per heavy atom. The fourth-order valence-corrected chi connectivity index (χ4v) is 5.19. The Labute approximate surface area is 196 Å². The third kappa shape index (κ3) is 3.51. The van der Waals surface area contributed by atoms with E-state index in [0.29, 0.717) is 13.1 Å². The minimum atomic E-state index is -0.126. The average Bonchev–Trinajstić information content (AvgIpc) is 3.21. The number of piperidine rings is 1. The Morgan fingerprint density at radius 1 is 0.909 bits per heavy atom. The van der Waals surface area contributed by atoms with E-state index >= 15 is 0 Å². The molecule has 7 heteroatoms. The number of aromatic nitrogens is 4. The van der Waals surface area contributed by atoms with Gasteiger partial charge in [-0.25, -0.2) is 4.79 Å². The summed E-state index contributed by atoms with van der Waals surface area (Å²) in [5.41, 5.74) is 8.82. The maximum Gasteiger partial charge on any atom is 0.346 e. The number of hydrogen-bond acceptors (Lipinski definition) is 4. The van der Waals surface area contributed by atoms with Crippen LogP contribution in [0.5, 0.6) is 0 Å². The van der Waals surface area contributed by atoms with Crippen molar-refractivity contribution in [3.8, 4) is 0 Å². The number of hydrogen-bond donors (Lipinski definition) is 0. The van der Waals surface area contributed by atoms with E-state index < -0.39 is 0 Å². The van der Waals surface area contributed by atoms with Crippen LogP contribution in [0, 0.1) is 0 Å². The summed E-state index contributed by atoms with van der Waals surface area (Å²) >= 11 is 6.33. The van der Waals surface area contributed by atoms with Gasteiger partial charge in [-0.3, -0.25) is 4.98 Å². The van der Waals surface area contributed by atoms with E-state index in [9.17, 15) is 4.79 Å². The molecule has 4 aromatic rings. The highest BCUT2D eigenvalue weighted by molar-refractivity contribution is 6.30. The first-order valence-electron chi connectivity index (χ1n) is 11.2. The summed E-state index contributed by atoms with van der Waals surface area (Å²) in [6.07, 6.45) is 5.35. The van der Waals surface area contributed by atoms with Gasteiger partial charge in [-0.15, -0.1) is 5.10 Å². The standard InChI is InChI=1S/C26H22ClN5O/c27-20-9-10-21-19(16-20)8-7-18-4-3-13-28-25(18)24(21)17-11-14-31(15-12-17)26(33)32-23-6-2-1-5-22(23)29-30-32/h1-6,9-10,13,16H,7-8,11-12,14-15H2. The van der Waals surface area contributed by atoms with Gasteiger partial charge < -0.3 is 4.90 Å². The summed E-state index contributed by atoms with van der Waals surface area (Å²) in [5.74, 6) is 0. The molecular weight excluding hydrogens is 434 g/mol. The first-order valence-corrected chi connectivity index (χ1v) is 11.6. The summed E-state index contributed by atoms with van der Waals surface area (Å²) in [7, 11) is 0. The van der Waals surface area contributed by atoms with Crippen LogP contribution in [0.3, 0.4) is 0 Å². The van der Waals surface area contributed by atoms with Crippen molar-refractivity contribution < 1.29 is 4.79 Å². The maximum absolute atomic E-state index is 13.2. The zero-order valence-corrected chi connectivity index (χ0v) is 18.8. The summed E-state index contributed by atoms with van der Waals surface area (Å²) in [6.45, 7) is 1.27. The van der Waals surface area contributed by atoms with Crippen LogP contribution in [0.1, 0.15) is 35.2 Å². The number of carbonyl (C=O) groups excluding carboxylic acids is 1. The minimum Gasteiger partial charge on any atom is -0.322 e. The lowest BCUT2D eigenvalue weighted by Crippen LogP contribution is -2.39. The first kappa shape index (κ1) is 20.1. The summed E-state index contributed by atoms with van der Waals surface area (Å²) in [4.78, 5) is 19.8. The number of amides is 1. The van der Waals surface area contributed by atoms with Gasteiger partial charge in [0.25, 0.3) is 0 Å². The van der Waals surface area contributed by atoms with Crippen LogP contribution in [0.15, 0.2) is 66.4 Å². The lowest BCUT2D eigenvalue weighted by atomic mass is 9.88. The molecule has 164 valence electrons. The van der Waals surface area contributed by atoms with E-state index in [1.807, 2.05) is 47.5 Å². The molecule has 0 bridgehead atoms. The number of rotatable bonds is 0. The Hall–Kier alpha value is -3.51. The topological polar surface area (TPSA) is 63.9 Å². The fourth-order valence-electron chi connectivity index (χ4n) is 5.00. The zero-order valence-electron chi connectivity index (χ0n) is 18.0. The molecule has 0 saturated carbocycles. The number of para-hydroxylation sites is 1. The van der Waals surface area contributed by atoms with Crippen LogP contribution in [-0.2, 0) is 12.8 Å². The third-order valence-electron chi connectivity index (χ3n) is 6.65. The van der Waals surface area contributed by atoms with Gasteiger partial charge in [0.05, 0.1) is 11.2 Å². The second kappa shape index (κ2) is 8.12. The molecule has 6 nitrogen and oxygen atoms in total. The van der Waals surface area contributed by atoms with Crippen molar-refractivity contribution >= 4 is 34.2 Å². The van der Waals surface area contributed by atoms with Crippen LogP contribution in [0.2, 0.25) is 5.02 Å². The molecular formula is C26H22ClN5O. The normalized spacial score (nSPS) is 15.8. The molecule has 0 unspecified atom stereocenters. The SMILES string of the molecule is O=C(N1CCC(=C2c3ccc(Cl)cc3CCc3cccnc32)CC1)n1nnc2ccccc21. The van der Waals surface area contributed by atoms with Gasteiger partial charge >= 0.3 is 6.03 Å². The predicted molar refractivity (Wildman–Crippen MR) is 128 cm³/mol. The minimum absolute atomic E-state index is 0.126. The largest absolute Gasteiger partial charge is 0.346 e. The highest BCUT2D eigenvalue weighted by Gasteiger charge is 2.27. The molecule has 1 fully saturated rings. The van der Waals surface area contributed by atoms with Crippen LogP contribution in [0.4, 0.5) is 4.79 Å². The van der Waals surface area contributed by atoms with E-state index in [2.05, 4.69) is 28.5 Å². The van der Waals surface area contributed by atoms with Gasteiger partial charge in [-0.05, 0) is 72.7 Å². The number of fused-ring (bicyclic) bond motifs is 3. The summed E-state index contributed by atoms with van der Waals surface area (Å²) in [6, 6.07) is 17.8. The molecule has 0 atom stereocenters. The molecule has 2 aliphatic rings. The lowest BCUT2D eigenvalue weighted by Gasteiger charge is -2.30. The van der Waals surface area contributed by atoms with E-state index in [1.54, 1.807) is 0 Å². The first-order chi connectivity index (χ1) is 16.2. The average molecular weight is 456 g/mol. The molecule has 1 saturated heterocycles. The number of pyridine rings is 1. The van der Waals surface area contributed by atoms with E-state index in [-0.39, 0.29) is 6.03 Å². The molecule has 1 aliphatic carbocycles. The van der Waals surface area contributed by atoms with E-state index in [1.165, 1.54) is 32.5 Å². The van der Waals surface area contributed by atoms with Crippen molar-refractivity contribution in [3.63, 3.8) is 0 Å². The highest BCUT2D eigenvalue weighted by atomic mass is 35.5. The molecule has 0 N–H and O–H groups in total. The van der Waals surface area contributed by atoms with Crippen LogP contribution in [0.25, 0.3) is 16.6 Å². The van der Waals surface area contributed by atoms with Crippen molar-refractivity contribution in [2.24, 2.45) is 0 Å². The van der Waals surface area contributed by atoms with E-state index in [0.717, 1.165) is 47.4 Å². The number of likely N-dealkylation sites (tertiary alicyclic amines) is 1. The highest BCUT2D eigenvalue weighted by Crippen LogP contribution is 2.38. The Balaban J connectivity index is 1.35. The third-order valence-corrected chi connectivity index (χ3v) is 6.89. The van der Waals surface area contributed by atoms with Crippen molar-refractivity contribution in [1.82, 2.24) is 24.9 Å². The molecule has 1 amide bonds. The van der Waals surface area contributed by atoms with Crippen molar-refractivity contribution in [2.75, 3.05) is 13.1 Å². The number of benzene rings is 2. The molecule has 2 aromatic heterocycles. The van der Waals surface area contributed by atoms with Crippen LogP contribution < -0.4 is 0 Å². The van der Waals surface area contributed by atoms with Crippen molar-refractivity contribution in [1.29, 1.82) is 0 Å². The molecule has 0 spiro atoms. The lowest BCUT2D eigenvalue weighted by molar-refractivity contribution is 0.193. The Morgan fingerprint density at radius 2 is 1.73 bits per heavy atom. The van der Waals surface area contributed by atoms with Gasteiger partial charge in [0.1, 0.15) is 5.52 Å². The number of halogens is 1. The quantitative estimate of drug-likeness (QED) is 0.368. The summed E-state index contributed by atoms with van der Waals surface area (Å²) < 4.78 is 1.41. The van der Waals surface area contributed by atoms with Crippen LogP contribution >= 0.6 is 11.6 Å². The fraction of sp³-hybridized carbons (Fsp3) is 0.231. The van der Waals surface area contributed by atoms with Gasteiger partial charge in [-0.2, -0.15) is 4.68 Å². The second-order valence-electron chi connectivity index (χ2n) is 8.55. The smallest absolute Gasteiger partial charge is 0.322 e. The monoisotopic (exact) mass is 455 g/mol. The van der Waals surface area contributed by atoms with E-state index in [4.69, 9.17) is 16.6 Å².